The lowest BCUT2D eigenvalue weighted by Gasteiger charge is -2.25. The van der Waals surface area contributed by atoms with Crippen LogP contribution >= 0.6 is 0 Å². The summed E-state index contributed by atoms with van der Waals surface area (Å²) in [6, 6.07) is 11.8. The average molecular weight is 405 g/mol. The molecule has 1 atom stereocenters. The summed E-state index contributed by atoms with van der Waals surface area (Å²) in [5.74, 6) is -0.471. The lowest BCUT2D eigenvalue weighted by molar-refractivity contribution is -0.118. The van der Waals surface area contributed by atoms with E-state index in [0.717, 1.165) is 12.8 Å². The van der Waals surface area contributed by atoms with E-state index in [1.54, 1.807) is 42.5 Å². The summed E-state index contributed by atoms with van der Waals surface area (Å²) < 4.78 is 0. The fourth-order valence-corrected chi connectivity index (χ4v) is 4.48. The van der Waals surface area contributed by atoms with Crippen LogP contribution in [0.4, 0.5) is 5.69 Å². The highest BCUT2D eigenvalue weighted by molar-refractivity contribution is 6.28. The first-order chi connectivity index (χ1) is 14.5. The first-order valence-corrected chi connectivity index (χ1v) is 10.9. The van der Waals surface area contributed by atoms with E-state index < -0.39 is 0 Å². The minimum Gasteiger partial charge on any atom is -0.325 e. The van der Waals surface area contributed by atoms with Crippen molar-refractivity contribution in [3.8, 4) is 0 Å². The summed E-state index contributed by atoms with van der Waals surface area (Å²) in [4.78, 5) is 38.3. The molecule has 2 aromatic carbocycles. The molecule has 0 aromatic heterocycles. The Morgan fingerprint density at radius 2 is 1.40 bits per heavy atom. The normalized spacial score (nSPS) is 18.0. The number of ketones is 2. The van der Waals surface area contributed by atoms with Gasteiger partial charge in [0.2, 0.25) is 5.91 Å². The van der Waals surface area contributed by atoms with Gasteiger partial charge in [-0.3, -0.25) is 14.4 Å². The number of fused-ring (bicyclic) bond motifs is 2. The Balaban J connectivity index is 1.46. The topological polar surface area (TPSA) is 75.3 Å². The number of nitrogens with one attached hydrogen (secondary N) is 2. The molecule has 2 aromatic rings. The van der Waals surface area contributed by atoms with Crippen molar-refractivity contribution in [2.75, 3.05) is 5.32 Å². The van der Waals surface area contributed by atoms with Crippen molar-refractivity contribution in [3.05, 3.63) is 64.7 Å². The highest BCUT2D eigenvalue weighted by Crippen LogP contribution is 2.29. The molecule has 1 amide bonds. The molecule has 0 saturated heterocycles. The molecule has 2 N–H and O–H groups in total. The van der Waals surface area contributed by atoms with Crippen LogP contribution in [0.3, 0.4) is 0 Å². The van der Waals surface area contributed by atoms with Gasteiger partial charge in [0.15, 0.2) is 11.6 Å². The van der Waals surface area contributed by atoms with Gasteiger partial charge in [0.25, 0.3) is 0 Å². The molecule has 0 aliphatic heterocycles. The van der Waals surface area contributed by atoms with Crippen LogP contribution in [-0.4, -0.2) is 29.6 Å². The van der Waals surface area contributed by atoms with Crippen LogP contribution in [0.15, 0.2) is 42.5 Å². The Morgan fingerprint density at radius 1 is 0.833 bits per heavy atom. The minimum absolute atomic E-state index is 0.132. The van der Waals surface area contributed by atoms with E-state index in [9.17, 15) is 14.4 Å². The first-order valence-electron chi connectivity index (χ1n) is 10.9. The van der Waals surface area contributed by atoms with Crippen LogP contribution in [0.2, 0.25) is 0 Å². The number of rotatable bonds is 4. The number of carbonyl (C=O) groups excluding carboxylic acids is 3. The molecule has 156 valence electrons. The second-order valence-electron chi connectivity index (χ2n) is 8.38. The summed E-state index contributed by atoms with van der Waals surface area (Å²) in [5, 5.41) is 6.37. The first kappa shape index (κ1) is 20.5. The maximum absolute atomic E-state index is 12.9. The number of carbonyl (C=O) groups is 3. The molecular formula is C25H28N2O3. The number of hydrogen-bond acceptors (Lipinski definition) is 4. The van der Waals surface area contributed by atoms with E-state index in [1.807, 2.05) is 6.92 Å². The molecule has 4 rings (SSSR count). The number of amides is 1. The lowest BCUT2D eigenvalue weighted by atomic mass is 9.84. The summed E-state index contributed by atoms with van der Waals surface area (Å²) in [6.07, 6.45) is 8.46. The molecule has 1 fully saturated rings. The van der Waals surface area contributed by atoms with Gasteiger partial charge in [-0.05, 0) is 38.0 Å². The van der Waals surface area contributed by atoms with E-state index in [4.69, 9.17) is 0 Å². The van der Waals surface area contributed by atoms with Gasteiger partial charge < -0.3 is 10.6 Å². The third kappa shape index (κ3) is 4.21. The van der Waals surface area contributed by atoms with Crippen molar-refractivity contribution in [2.45, 2.75) is 64.0 Å². The monoisotopic (exact) mass is 404 g/mol. The second kappa shape index (κ2) is 8.92. The number of benzene rings is 2. The third-order valence-electron chi connectivity index (χ3n) is 6.18. The molecule has 0 spiro atoms. The molecule has 2 aliphatic rings. The van der Waals surface area contributed by atoms with E-state index >= 15 is 0 Å². The van der Waals surface area contributed by atoms with Crippen molar-refractivity contribution >= 4 is 23.2 Å². The zero-order valence-electron chi connectivity index (χ0n) is 17.4. The number of anilines is 1. The van der Waals surface area contributed by atoms with E-state index in [1.165, 1.54) is 32.1 Å². The van der Waals surface area contributed by atoms with Gasteiger partial charge in [-0.25, -0.2) is 0 Å². The van der Waals surface area contributed by atoms with E-state index in [2.05, 4.69) is 10.6 Å². The highest BCUT2D eigenvalue weighted by atomic mass is 16.2. The molecule has 2 aliphatic carbocycles. The minimum atomic E-state index is -0.330. The fraction of sp³-hybridized carbons (Fsp3) is 0.400. The van der Waals surface area contributed by atoms with Crippen LogP contribution < -0.4 is 10.6 Å². The van der Waals surface area contributed by atoms with Crippen LogP contribution in [-0.2, 0) is 4.79 Å². The van der Waals surface area contributed by atoms with Gasteiger partial charge in [0.1, 0.15) is 0 Å². The van der Waals surface area contributed by atoms with Crippen molar-refractivity contribution in [1.29, 1.82) is 0 Å². The maximum atomic E-state index is 12.9. The molecule has 0 bridgehead atoms. The highest BCUT2D eigenvalue weighted by Gasteiger charge is 2.29. The SMILES string of the molecule is C[C@H](NC1CCCCCCC1)C(=O)Nc1ccc2c(c1)C(=O)c1ccccc1C2=O. The van der Waals surface area contributed by atoms with Gasteiger partial charge in [0.05, 0.1) is 6.04 Å². The van der Waals surface area contributed by atoms with Crippen LogP contribution in [0, 0.1) is 0 Å². The molecule has 0 unspecified atom stereocenters. The molecule has 0 heterocycles. The molecule has 5 heteroatoms. The summed E-state index contributed by atoms with van der Waals surface area (Å²) in [6.45, 7) is 1.87. The van der Waals surface area contributed by atoms with Gasteiger partial charge >= 0.3 is 0 Å². The summed E-state index contributed by atoms with van der Waals surface area (Å²) >= 11 is 0. The molecular weight excluding hydrogens is 376 g/mol. The Morgan fingerprint density at radius 3 is 2.07 bits per heavy atom. The average Bonchev–Trinajstić information content (AvgIpc) is 2.73. The second-order valence-corrected chi connectivity index (χ2v) is 8.38. The van der Waals surface area contributed by atoms with Crippen molar-refractivity contribution in [3.63, 3.8) is 0 Å². The van der Waals surface area contributed by atoms with Gasteiger partial charge in [-0.1, -0.05) is 56.4 Å². The molecule has 0 radical (unpaired) electrons. The van der Waals surface area contributed by atoms with Crippen molar-refractivity contribution < 1.29 is 14.4 Å². The van der Waals surface area contributed by atoms with E-state index in [0.29, 0.717) is 34.0 Å². The Kier molecular flexibility index (Phi) is 6.09. The van der Waals surface area contributed by atoms with Crippen molar-refractivity contribution in [1.82, 2.24) is 5.32 Å². The fourth-order valence-electron chi connectivity index (χ4n) is 4.48. The Hall–Kier alpha value is -2.79. The van der Waals surface area contributed by atoms with Crippen LogP contribution in [0.5, 0.6) is 0 Å². The predicted molar refractivity (Wildman–Crippen MR) is 117 cm³/mol. The van der Waals surface area contributed by atoms with Gasteiger partial charge in [0, 0.05) is 34.0 Å². The summed E-state index contributed by atoms with van der Waals surface area (Å²) in [7, 11) is 0. The Labute approximate surface area is 177 Å². The molecule has 30 heavy (non-hydrogen) atoms. The molecule has 5 nitrogen and oxygen atoms in total. The van der Waals surface area contributed by atoms with Crippen molar-refractivity contribution in [2.24, 2.45) is 0 Å². The number of hydrogen-bond donors (Lipinski definition) is 2. The Bertz CT molecular complexity index is 974. The summed E-state index contributed by atoms with van der Waals surface area (Å²) in [5.41, 5.74) is 2.11. The third-order valence-corrected chi connectivity index (χ3v) is 6.18. The van der Waals surface area contributed by atoms with E-state index in [-0.39, 0.29) is 23.5 Å². The standard InChI is InChI=1S/C25H28N2O3/c1-16(26-17-9-5-3-2-4-6-10-17)25(30)27-18-13-14-21-22(15-18)24(29)20-12-8-7-11-19(20)23(21)28/h7-8,11-17,26H,2-6,9-10H2,1H3,(H,27,30)/t16-/m0/s1. The maximum Gasteiger partial charge on any atom is 0.241 e. The van der Waals surface area contributed by atoms with Crippen LogP contribution in [0.25, 0.3) is 0 Å². The van der Waals surface area contributed by atoms with Gasteiger partial charge in [-0.15, -0.1) is 0 Å². The quantitative estimate of drug-likeness (QED) is 0.672. The largest absolute Gasteiger partial charge is 0.325 e. The zero-order valence-corrected chi connectivity index (χ0v) is 17.4. The molecule has 1 saturated carbocycles. The predicted octanol–water partition coefficient (Wildman–Crippen LogP) is 4.49. The smallest absolute Gasteiger partial charge is 0.241 e. The van der Waals surface area contributed by atoms with Gasteiger partial charge in [-0.2, -0.15) is 0 Å². The zero-order chi connectivity index (χ0) is 21.1. The van der Waals surface area contributed by atoms with Crippen LogP contribution in [0.1, 0.15) is 83.7 Å². The lowest BCUT2D eigenvalue weighted by Crippen LogP contribution is -2.44.